The van der Waals surface area contributed by atoms with E-state index in [0.29, 0.717) is 6.07 Å². The first kappa shape index (κ1) is 12.6. The van der Waals surface area contributed by atoms with E-state index in [1.54, 1.807) is 0 Å². The fourth-order valence-corrected chi connectivity index (χ4v) is 1.63. The number of alkyl halides is 3. The molecule has 1 aliphatic carbocycles. The second kappa shape index (κ2) is 3.82. The molecule has 0 aromatic heterocycles. The third kappa shape index (κ3) is 2.22. The number of hydrogen-bond acceptors (Lipinski definition) is 3. The van der Waals surface area contributed by atoms with Crippen molar-refractivity contribution >= 4 is 11.4 Å². The van der Waals surface area contributed by atoms with E-state index in [-0.39, 0.29) is 18.5 Å². The first-order valence-corrected chi connectivity index (χ1v) is 5.03. The molecule has 8 heteroatoms. The van der Waals surface area contributed by atoms with Gasteiger partial charge < -0.3 is 5.32 Å². The Bertz CT molecular complexity index is 497. The summed E-state index contributed by atoms with van der Waals surface area (Å²) in [5.74, 6) is -0.954. The third-order valence-electron chi connectivity index (χ3n) is 2.77. The Balaban J connectivity index is 2.28. The second-order valence-corrected chi connectivity index (χ2v) is 4.16. The van der Waals surface area contributed by atoms with Gasteiger partial charge in [-0.05, 0) is 18.9 Å². The molecule has 0 amide bonds. The van der Waals surface area contributed by atoms with E-state index in [4.69, 9.17) is 0 Å². The van der Waals surface area contributed by atoms with Crippen LogP contribution in [0.5, 0.6) is 0 Å². The third-order valence-corrected chi connectivity index (χ3v) is 2.77. The number of halogens is 4. The van der Waals surface area contributed by atoms with E-state index in [9.17, 15) is 27.7 Å². The summed E-state index contributed by atoms with van der Waals surface area (Å²) in [6.45, 7) is 0. The highest BCUT2D eigenvalue weighted by Gasteiger charge is 2.63. The van der Waals surface area contributed by atoms with Crippen molar-refractivity contribution in [2.75, 3.05) is 5.32 Å². The molecule has 18 heavy (non-hydrogen) atoms. The summed E-state index contributed by atoms with van der Waals surface area (Å²) in [6, 6.07) is 2.34. The van der Waals surface area contributed by atoms with Gasteiger partial charge in [-0.3, -0.25) is 10.1 Å². The van der Waals surface area contributed by atoms with Crippen molar-refractivity contribution in [1.82, 2.24) is 0 Å². The lowest BCUT2D eigenvalue weighted by molar-refractivity contribution is -0.385. The lowest BCUT2D eigenvalue weighted by Crippen LogP contribution is -2.38. The topological polar surface area (TPSA) is 55.2 Å². The van der Waals surface area contributed by atoms with Crippen molar-refractivity contribution in [3.05, 3.63) is 34.1 Å². The maximum Gasteiger partial charge on any atom is 0.411 e. The Morgan fingerprint density at radius 1 is 1.28 bits per heavy atom. The van der Waals surface area contributed by atoms with Gasteiger partial charge in [-0.15, -0.1) is 0 Å². The SMILES string of the molecule is O=[N+]([O-])c1cc(F)cc(NC2(C(F)(F)F)CC2)c1. The molecule has 0 atom stereocenters. The summed E-state index contributed by atoms with van der Waals surface area (Å²) < 4.78 is 51.0. The van der Waals surface area contributed by atoms with E-state index in [1.807, 2.05) is 0 Å². The molecule has 1 saturated carbocycles. The van der Waals surface area contributed by atoms with Gasteiger partial charge in [0.25, 0.3) is 5.69 Å². The lowest BCUT2D eigenvalue weighted by Gasteiger charge is -2.21. The van der Waals surface area contributed by atoms with Crippen LogP contribution in [0.2, 0.25) is 0 Å². The van der Waals surface area contributed by atoms with Gasteiger partial charge in [0.2, 0.25) is 0 Å². The standard InChI is InChI=1S/C10H8F4N2O2/c11-6-3-7(5-8(4-6)16(17)18)15-9(1-2-9)10(12,13)14/h3-5,15H,1-2H2. The molecule has 0 bridgehead atoms. The summed E-state index contributed by atoms with van der Waals surface area (Å²) >= 11 is 0. The van der Waals surface area contributed by atoms with Gasteiger partial charge in [0.1, 0.15) is 11.4 Å². The van der Waals surface area contributed by atoms with Gasteiger partial charge in [0.05, 0.1) is 11.0 Å². The molecule has 1 N–H and O–H groups in total. The monoisotopic (exact) mass is 264 g/mol. The van der Waals surface area contributed by atoms with E-state index in [0.717, 1.165) is 12.1 Å². The van der Waals surface area contributed by atoms with Crippen LogP contribution < -0.4 is 5.32 Å². The lowest BCUT2D eigenvalue weighted by atomic mass is 10.2. The van der Waals surface area contributed by atoms with Crippen LogP contribution in [0.1, 0.15) is 12.8 Å². The smallest absolute Gasteiger partial charge is 0.371 e. The van der Waals surface area contributed by atoms with Crippen molar-refractivity contribution in [2.24, 2.45) is 0 Å². The molecular formula is C10H8F4N2O2. The zero-order valence-electron chi connectivity index (χ0n) is 8.92. The van der Waals surface area contributed by atoms with Gasteiger partial charge in [-0.1, -0.05) is 0 Å². The van der Waals surface area contributed by atoms with Crippen LogP contribution in [0.3, 0.4) is 0 Å². The van der Waals surface area contributed by atoms with E-state index < -0.39 is 28.1 Å². The maximum atomic E-state index is 13.1. The Labute approximate surface area is 98.8 Å². The average Bonchev–Trinajstić information content (AvgIpc) is 2.96. The number of hydrogen-bond donors (Lipinski definition) is 1. The van der Waals surface area contributed by atoms with Crippen LogP contribution in [-0.2, 0) is 0 Å². The minimum Gasteiger partial charge on any atom is -0.371 e. The van der Waals surface area contributed by atoms with Crippen molar-refractivity contribution in [1.29, 1.82) is 0 Å². The highest BCUT2D eigenvalue weighted by Crippen LogP contribution is 2.51. The molecular weight excluding hydrogens is 256 g/mol. The molecule has 1 aliphatic rings. The first-order chi connectivity index (χ1) is 8.23. The van der Waals surface area contributed by atoms with Gasteiger partial charge in [0.15, 0.2) is 0 Å². The Kier molecular flexibility index (Phi) is 2.67. The molecule has 1 fully saturated rings. The molecule has 0 radical (unpaired) electrons. The average molecular weight is 264 g/mol. The van der Waals surface area contributed by atoms with E-state index in [1.165, 1.54) is 0 Å². The number of nitrogens with one attached hydrogen (secondary N) is 1. The molecule has 0 heterocycles. The normalized spacial score (nSPS) is 17.3. The van der Waals surface area contributed by atoms with Crippen LogP contribution in [0, 0.1) is 15.9 Å². The summed E-state index contributed by atoms with van der Waals surface area (Å²) in [5, 5.41) is 12.6. The Morgan fingerprint density at radius 2 is 1.89 bits per heavy atom. The van der Waals surface area contributed by atoms with Gasteiger partial charge >= 0.3 is 6.18 Å². The predicted octanol–water partition coefficient (Wildman–Crippen LogP) is 3.24. The molecule has 0 spiro atoms. The molecule has 0 unspecified atom stereocenters. The molecule has 1 aromatic rings. The van der Waals surface area contributed by atoms with Gasteiger partial charge in [-0.25, -0.2) is 4.39 Å². The number of rotatable bonds is 3. The van der Waals surface area contributed by atoms with Crippen molar-refractivity contribution in [3.63, 3.8) is 0 Å². The highest BCUT2D eigenvalue weighted by atomic mass is 19.4. The quantitative estimate of drug-likeness (QED) is 0.518. The van der Waals surface area contributed by atoms with Gasteiger partial charge in [0, 0.05) is 11.8 Å². The first-order valence-electron chi connectivity index (χ1n) is 5.03. The van der Waals surface area contributed by atoms with Crippen LogP contribution >= 0.6 is 0 Å². The van der Waals surface area contributed by atoms with E-state index >= 15 is 0 Å². The van der Waals surface area contributed by atoms with Crippen molar-refractivity contribution < 1.29 is 22.5 Å². The summed E-state index contributed by atoms with van der Waals surface area (Å²) in [5.41, 5.74) is -2.90. The molecule has 98 valence electrons. The number of nitro groups is 1. The maximum absolute atomic E-state index is 13.1. The number of nitro benzene ring substituents is 1. The Hall–Kier alpha value is -1.86. The number of non-ortho nitro benzene ring substituents is 1. The highest BCUT2D eigenvalue weighted by molar-refractivity contribution is 5.54. The van der Waals surface area contributed by atoms with Crippen molar-refractivity contribution in [2.45, 2.75) is 24.6 Å². The fourth-order valence-electron chi connectivity index (χ4n) is 1.63. The number of benzene rings is 1. The summed E-state index contributed by atoms with van der Waals surface area (Å²) in [6.07, 6.45) is -4.71. The largest absolute Gasteiger partial charge is 0.411 e. The minimum atomic E-state index is -4.46. The number of nitrogens with zero attached hydrogens (tertiary/aromatic N) is 1. The van der Waals surface area contributed by atoms with Gasteiger partial charge in [-0.2, -0.15) is 13.2 Å². The van der Waals surface area contributed by atoms with Crippen molar-refractivity contribution in [3.8, 4) is 0 Å². The Morgan fingerprint density at radius 3 is 2.33 bits per heavy atom. The minimum absolute atomic E-state index is 0.124. The second-order valence-electron chi connectivity index (χ2n) is 4.16. The molecule has 4 nitrogen and oxygen atoms in total. The molecule has 0 aliphatic heterocycles. The zero-order valence-corrected chi connectivity index (χ0v) is 8.92. The number of anilines is 1. The summed E-state index contributed by atoms with van der Waals surface area (Å²) in [7, 11) is 0. The zero-order chi connectivity index (χ0) is 13.6. The van der Waals surface area contributed by atoms with Crippen LogP contribution in [0.15, 0.2) is 18.2 Å². The van der Waals surface area contributed by atoms with E-state index in [2.05, 4.69) is 5.32 Å². The van der Waals surface area contributed by atoms with Crippen LogP contribution in [0.4, 0.5) is 28.9 Å². The fraction of sp³-hybridized carbons (Fsp3) is 0.400. The molecule has 2 rings (SSSR count). The molecule has 1 aromatic carbocycles. The molecule has 0 saturated heterocycles. The summed E-state index contributed by atoms with van der Waals surface area (Å²) in [4.78, 5) is 9.61. The van der Waals surface area contributed by atoms with Crippen LogP contribution in [-0.4, -0.2) is 16.6 Å². The predicted molar refractivity (Wildman–Crippen MR) is 54.7 cm³/mol. The van der Waals surface area contributed by atoms with Crippen LogP contribution in [0.25, 0.3) is 0 Å².